The zero-order chi connectivity index (χ0) is 28.3. The number of hydrogen-bond donors (Lipinski definition) is 4. The molecule has 1 aliphatic heterocycles. The Morgan fingerprint density at radius 1 is 0.927 bits per heavy atom. The summed E-state index contributed by atoms with van der Waals surface area (Å²) in [5, 5.41) is 11.0. The maximum absolute atomic E-state index is 6.17. The SMILES string of the molecule is CCOCCN1CCN(c2cc(N)nc(NCC3CCC(CNCCCNC4Cc5ccccc5C4)CC3)n2)CC1. The molecule has 1 aromatic carbocycles. The van der Waals surface area contributed by atoms with Crippen molar-refractivity contribution < 1.29 is 4.74 Å². The summed E-state index contributed by atoms with van der Waals surface area (Å²) < 4.78 is 5.51. The summed E-state index contributed by atoms with van der Waals surface area (Å²) in [6.07, 6.45) is 8.68. The van der Waals surface area contributed by atoms with Gasteiger partial charge in [0.05, 0.1) is 6.61 Å². The second kappa shape index (κ2) is 15.7. The molecule has 0 bridgehead atoms. The number of hydrogen-bond acceptors (Lipinski definition) is 9. The van der Waals surface area contributed by atoms with E-state index < -0.39 is 0 Å². The van der Waals surface area contributed by atoms with Gasteiger partial charge in [-0.25, -0.2) is 0 Å². The van der Waals surface area contributed by atoms with Gasteiger partial charge in [-0.05, 0) is 94.5 Å². The monoisotopic (exact) mass is 564 g/mol. The first-order chi connectivity index (χ1) is 20.2. The molecule has 5 N–H and O–H groups in total. The highest BCUT2D eigenvalue weighted by Gasteiger charge is 2.23. The van der Waals surface area contributed by atoms with Crippen LogP contribution < -0.4 is 26.6 Å². The van der Waals surface area contributed by atoms with E-state index in [1.807, 2.05) is 13.0 Å². The van der Waals surface area contributed by atoms with Crippen molar-refractivity contribution in [2.24, 2.45) is 11.8 Å². The van der Waals surface area contributed by atoms with Gasteiger partial charge in [-0.3, -0.25) is 4.90 Å². The van der Waals surface area contributed by atoms with Crippen LogP contribution >= 0.6 is 0 Å². The summed E-state index contributed by atoms with van der Waals surface area (Å²) in [6, 6.07) is 11.4. The lowest BCUT2D eigenvalue weighted by molar-refractivity contribution is 0.111. The lowest BCUT2D eigenvalue weighted by Crippen LogP contribution is -2.47. The minimum absolute atomic E-state index is 0.537. The number of benzene rings is 1. The van der Waals surface area contributed by atoms with E-state index in [0.717, 1.165) is 83.9 Å². The normalized spacial score (nSPS) is 21.7. The van der Waals surface area contributed by atoms with E-state index in [1.54, 1.807) is 0 Å². The van der Waals surface area contributed by atoms with Gasteiger partial charge < -0.3 is 31.3 Å². The van der Waals surface area contributed by atoms with Gasteiger partial charge in [0.15, 0.2) is 0 Å². The van der Waals surface area contributed by atoms with Crippen molar-refractivity contribution in [3.8, 4) is 0 Å². The number of nitrogens with one attached hydrogen (secondary N) is 3. The molecule has 0 spiro atoms. The number of nitrogens with zero attached hydrogens (tertiary/aromatic N) is 4. The molecular formula is C32H52N8O. The second-order valence-corrected chi connectivity index (χ2v) is 12.2. The third kappa shape index (κ3) is 9.26. The molecule has 2 heterocycles. The standard InChI is InChI=1S/C32H52N8O/c1-2-41-19-18-39-14-16-40(17-15-39)31-22-30(33)37-32(38-31)36-24-26-10-8-25(9-11-26)23-34-12-5-13-35-29-20-27-6-3-4-7-28(27)21-29/h3-4,6-7,22,25-26,29,34-35H,2,5,8-21,23-24H2,1H3,(H3,33,36,37,38). The Kier molecular flexibility index (Phi) is 11.5. The lowest BCUT2D eigenvalue weighted by Gasteiger charge is -2.35. The van der Waals surface area contributed by atoms with Gasteiger partial charge in [-0.1, -0.05) is 24.3 Å². The van der Waals surface area contributed by atoms with E-state index in [1.165, 1.54) is 56.1 Å². The minimum atomic E-state index is 0.537. The molecular weight excluding hydrogens is 512 g/mol. The molecule has 0 atom stereocenters. The first-order valence-corrected chi connectivity index (χ1v) is 16.1. The maximum atomic E-state index is 6.17. The third-order valence-electron chi connectivity index (χ3n) is 9.15. The molecule has 9 heteroatoms. The number of rotatable bonds is 15. The summed E-state index contributed by atoms with van der Waals surface area (Å²) in [5.41, 5.74) is 9.22. The van der Waals surface area contributed by atoms with Crippen LogP contribution in [0.15, 0.2) is 30.3 Å². The molecule has 9 nitrogen and oxygen atoms in total. The second-order valence-electron chi connectivity index (χ2n) is 12.2. The van der Waals surface area contributed by atoms with Crippen LogP contribution in [0.1, 0.15) is 50.2 Å². The third-order valence-corrected chi connectivity index (χ3v) is 9.15. The molecule has 2 aromatic rings. The Balaban J connectivity index is 0.928. The fraction of sp³-hybridized carbons (Fsp3) is 0.688. The van der Waals surface area contributed by atoms with Gasteiger partial charge in [0.25, 0.3) is 0 Å². The smallest absolute Gasteiger partial charge is 0.226 e. The summed E-state index contributed by atoms with van der Waals surface area (Å²) in [5.74, 6) is 3.61. The number of piperazine rings is 1. The first kappa shape index (κ1) is 30.0. The van der Waals surface area contributed by atoms with E-state index in [0.29, 0.717) is 23.7 Å². The van der Waals surface area contributed by atoms with E-state index >= 15 is 0 Å². The summed E-state index contributed by atoms with van der Waals surface area (Å²) >= 11 is 0. The van der Waals surface area contributed by atoms with Crippen LogP contribution in [-0.4, -0.2) is 93.0 Å². The van der Waals surface area contributed by atoms with E-state index in [4.69, 9.17) is 15.5 Å². The predicted octanol–water partition coefficient (Wildman–Crippen LogP) is 3.17. The average Bonchev–Trinajstić information content (AvgIpc) is 3.42. The van der Waals surface area contributed by atoms with Crippen LogP contribution in [0.25, 0.3) is 0 Å². The Hall–Kier alpha value is -2.46. The Labute approximate surface area is 247 Å². The molecule has 2 aliphatic carbocycles. The molecule has 0 radical (unpaired) electrons. The highest BCUT2D eigenvalue weighted by atomic mass is 16.5. The maximum Gasteiger partial charge on any atom is 0.226 e. The van der Waals surface area contributed by atoms with Crippen molar-refractivity contribution >= 4 is 17.6 Å². The topological polar surface area (TPSA) is 104 Å². The van der Waals surface area contributed by atoms with Crippen molar-refractivity contribution in [2.75, 3.05) is 88.1 Å². The Bertz CT molecular complexity index is 1030. The van der Waals surface area contributed by atoms with Crippen LogP contribution in [0.5, 0.6) is 0 Å². The summed E-state index contributed by atoms with van der Waals surface area (Å²) in [7, 11) is 0. The Morgan fingerprint density at radius 2 is 1.63 bits per heavy atom. The van der Waals surface area contributed by atoms with Gasteiger partial charge in [-0.15, -0.1) is 0 Å². The molecule has 2 fully saturated rings. The van der Waals surface area contributed by atoms with Crippen LogP contribution in [0, 0.1) is 11.8 Å². The van der Waals surface area contributed by atoms with E-state index in [-0.39, 0.29) is 0 Å². The molecule has 1 saturated carbocycles. The largest absolute Gasteiger partial charge is 0.383 e. The van der Waals surface area contributed by atoms with Gasteiger partial charge in [0, 0.05) is 58.0 Å². The number of nitrogen functional groups attached to an aromatic ring is 1. The van der Waals surface area contributed by atoms with Crippen LogP contribution in [-0.2, 0) is 17.6 Å². The quantitative estimate of drug-likeness (QED) is 0.243. The van der Waals surface area contributed by atoms with Crippen molar-refractivity contribution in [3.05, 3.63) is 41.5 Å². The zero-order valence-electron chi connectivity index (χ0n) is 25.1. The number of ether oxygens (including phenoxy) is 1. The van der Waals surface area contributed by atoms with Crippen molar-refractivity contribution in [2.45, 2.75) is 57.9 Å². The molecule has 226 valence electrons. The highest BCUT2D eigenvalue weighted by Crippen LogP contribution is 2.29. The molecule has 0 amide bonds. The zero-order valence-corrected chi connectivity index (χ0v) is 25.1. The number of fused-ring (bicyclic) bond motifs is 1. The molecule has 1 saturated heterocycles. The molecule has 1 aromatic heterocycles. The van der Waals surface area contributed by atoms with E-state index in [9.17, 15) is 0 Å². The number of aromatic nitrogens is 2. The van der Waals surface area contributed by atoms with Crippen molar-refractivity contribution in [1.82, 2.24) is 25.5 Å². The minimum Gasteiger partial charge on any atom is -0.383 e. The van der Waals surface area contributed by atoms with Gasteiger partial charge in [-0.2, -0.15) is 9.97 Å². The predicted molar refractivity (Wildman–Crippen MR) is 169 cm³/mol. The van der Waals surface area contributed by atoms with Gasteiger partial charge >= 0.3 is 0 Å². The van der Waals surface area contributed by atoms with Crippen molar-refractivity contribution in [1.29, 1.82) is 0 Å². The molecule has 0 unspecified atom stereocenters. The molecule has 41 heavy (non-hydrogen) atoms. The molecule has 5 rings (SSSR count). The number of nitrogens with two attached hydrogens (primary N) is 1. The van der Waals surface area contributed by atoms with E-state index in [2.05, 4.69) is 55.0 Å². The van der Waals surface area contributed by atoms with Crippen LogP contribution in [0.2, 0.25) is 0 Å². The summed E-state index contributed by atoms with van der Waals surface area (Å²) in [6.45, 7) is 12.8. The lowest BCUT2D eigenvalue weighted by atomic mass is 9.82. The Morgan fingerprint density at radius 3 is 2.34 bits per heavy atom. The average molecular weight is 565 g/mol. The van der Waals surface area contributed by atoms with Crippen LogP contribution in [0.3, 0.4) is 0 Å². The van der Waals surface area contributed by atoms with Crippen LogP contribution in [0.4, 0.5) is 17.6 Å². The molecule has 3 aliphatic rings. The van der Waals surface area contributed by atoms with Crippen molar-refractivity contribution in [3.63, 3.8) is 0 Å². The van der Waals surface area contributed by atoms with Gasteiger partial charge in [0.1, 0.15) is 11.6 Å². The summed E-state index contributed by atoms with van der Waals surface area (Å²) in [4.78, 5) is 14.1. The fourth-order valence-corrected chi connectivity index (χ4v) is 6.64. The fourth-order valence-electron chi connectivity index (χ4n) is 6.64. The number of anilines is 3. The highest BCUT2D eigenvalue weighted by molar-refractivity contribution is 5.52. The van der Waals surface area contributed by atoms with Gasteiger partial charge in [0.2, 0.25) is 5.95 Å². The first-order valence-electron chi connectivity index (χ1n) is 16.1.